The number of hydrogen-bond donors (Lipinski definition) is 1. The van der Waals surface area contributed by atoms with Gasteiger partial charge in [-0.1, -0.05) is 25.4 Å². The average Bonchev–Trinajstić information content (AvgIpc) is 2.32. The van der Waals surface area contributed by atoms with Crippen molar-refractivity contribution in [3.8, 4) is 0 Å². The molecular formula is C13H12Br2ClN3. The molecule has 1 N–H and O–H groups in total. The molecule has 1 heterocycles. The normalized spacial score (nSPS) is 10.8. The van der Waals surface area contributed by atoms with Crippen LogP contribution in [0.1, 0.15) is 25.6 Å². The van der Waals surface area contributed by atoms with Crippen molar-refractivity contribution in [2.75, 3.05) is 5.32 Å². The van der Waals surface area contributed by atoms with Gasteiger partial charge in [0.25, 0.3) is 0 Å². The average molecular weight is 406 g/mol. The first-order chi connectivity index (χ1) is 8.95. The number of anilines is 2. The van der Waals surface area contributed by atoms with Crippen molar-refractivity contribution in [2.24, 2.45) is 0 Å². The van der Waals surface area contributed by atoms with Crippen LogP contribution in [0.4, 0.5) is 11.5 Å². The highest BCUT2D eigenvalue weighted by Crippen LogP contribution is 2.29. The number of halogens is 3. The zero-order chi connectivity index (χ0) is 14.0. The molecule has 0 aliphatic rings. The van der Waals surface area contributed by atoms with Gasteiger partial charge in [-0.3, -0.25) is 0 Å². The highest BCUT2D eigenvalue weighted by molar-refractivity contribution is 9.10. The van der Waals surface area contributed by atoms with Crippen LogP contribution in [0.2, 0.25) is 5.02 Å². The topological polar surface area (TPSA) is 37.8 Å². The van der Waals surface area contributed by atoms with Gasteiger partial charge in [0.05, 0.1) is 5.69 Å². The van der Waals surface area contributed by atoms with Gasteiger partial charge in [0.1, 0.15) is 16.2 Å². The predicted octanol–water partition coefficient (Wildman–Crippen LogP) is 5.52. The molecule has 0 aliphatic heterocycles. The Hall–Kier alpha value is -0.650. The van der Waals surface area contributed by atoms with Crippen molar-refractivity contribution in [1.82, 2.24) is 9.97 Å². The molecule has 0 saturated heterocycles. The Morgan fingerprint density at radius 1 is 1.16 bits per heavy atom. The number of aromatic nitrogens is 2. The van der Waals surface area contributed by atoms with Crippen molar-refractivity contribution in [3.63, 3.8) is 0 Å². The second-order valence-corrected chi connectivity index (χ2v) is 6.44. The summed E-state index contributed by atoms with van der Waals surface area (Å²) in [5, 5.41) is 3.93. The van der Waals surface area contributed by atoms with E-state index >= 15 is 0 Å². The van der Waals surface area contributed by atoms with E-state index in [1.807, 2.05) is 24.3 Å². The largest absolute Gasteiger partial charge is 0.339 e. The first kappa shape index (κ1) is 14.8. The Morgan fingerprint density at radius 3 is 2.53 bits per heavy atom. The lowest BCUT2D eigenvalue weighted by Gasteiger charge is -2.11. The van der Waals surface area contributed by atoms with Gasteiger partial charge >= 0.3 is 0 Å². The van der Waals surface area contributed by atoms with Crippen molar-refractivity contribution < 1.29 is 0 Å². The molecule has 6 heteroatoms. The number of rotatable bonds is 3. The smallest absolute Gasteiger partial charge is 0.135 e. The second-order valence-electron chi connectivity index (χ2n) is 4.34. The molecule has 0 unspecified atom stereocenters. The van der Waals surface area contributed by atoms with Gasteiger partial charge in [-0.15, -0.1) is 0 Å². The van der Waals surface area contributed by atoms with E-state index in [-0.39, 0.29) is 5.92 Å². The summed E-state index contributed by atoms with van der Waals surface area (Å²) in [5.41, 5.74) is 0.907. The Balaban J connectivity index is 2.32. The minimum absolute atomic E-state index is 0.270. The standard InChI is InChI=1S/C13H12Br2ClN3/c1-7(2)13-18-11(15)6-12(19-13)17-10-4-3-8(16)5-9(10)14/h3-7H,1-2H3,(H,17,18,19). The lowest BCUT2D eigenvalue weighted by molar-refractivity contribution is 0.771. The molecular weight excluding hydrogens is 393 g/mol. The van der Waals surface area contributed by atoms with Crippen molar-refractivity contribution in [2.45, 2.75) is 19.8 Å². The van der Waals surface area contributed by atoms with Gasteiger partial charge in [-0.05, 0) is 50.1 Å². The van der Waals surface area contributed by atoms with Gasteiger partial charge in [0, 0.05) is 21.5 Å². The van der Waals surface area contributed by atoms with Gasteiger partial charge < -0.3 is 5.32 Å². The van der Waals surface area contributed by atoms with E-state index in [1.165, 1.54) is 0 Å². The highest BCUT2D eigenvalue weighted by atomic mass is 79.9. The summed E-state index contributed by atoms with van der Waals surface area (Å²) in [6.45, 7) is 4.12. The maximum Gasteiger partial charge on any atom is 0.135 e. The fraction of sp³-hybridized carbons (Fsp3) is 0.231. The molecule has 0 radical (unpaired) electrons. The van der Waals surface area contributed by atoms with Crippen LogP contribution < -0.4 is 5.32 Å². The summed E-state index contributed by atoms with van der Waals surface area (Å²) in [6.07, 6.45) is 0. The molecule has 0 fully saturated rings. The third kappa shape index (κ3) is 3.91. The minimum atomic E-state index is 0.270. The first-order valence-electron chi connectivity index (χ1n) is 5.72. The van der Waals surface area contributed by atoms with Crippen molar-refractivity contribution in [1.29, 1.82) is 0 Å². The van der Waals surface area contributed by atoms with E-state index in [1.54, 1.807) is 0 Å². The molecule has 2 rings (SSSR count). The lowest BCUT2D eigenvalue weighted by Crippen LogP contribution is -2.02. The van der Waals surface area contributed by atoms with E-state index in [0.29, 0.717) is 5.02 Å². The van der Waals surface area contributed by atoms with E-state index < -0.39 is 0 Å². The lowest BCUT2D eigenvalue weighted by atomic mass is 10.2. The molecule has 3 nitrogen and oxygen atoms in total. The Morgan fingerprint density at radius 2 is 1.89 bits per heavy atom. The van der Waals surface area contributed by atoms with E-state index in [0.717, 1.165) is 26.4 Å². The number of nitrogens with one attached hydrogen (secondary N) is 1. The highest BCUT2D eigenvalue weighted by Gasteiger charge is 2.08. The van der Waals surface area contributed by atoms with Gasteiger partial charge in [-0.2, -0.15) is 0 Å². The summed E-state index contributed by atoms with van der Waals surface area (Å²) in [6, 6.07) is 7.40. The van der Waals surface area contributed by atoms with E-state index in [4.69, 9.17) is 11.6 Å². The molecule has 100 valence electrons. The van der Waals surface area contributed by atoms with Crippen LogP contribution in [-0.4, -0.2) is 9.97 Å². The van der Waals surface area contributed by atoms with Gasteiger partial charge in [0.2, 0.25) is 0 Å². The van der Waals surface area contributed by atoms with Crippen LogP contribution in [0.5, 0.6) is 0 Å². The number of benzene rings is 1. The molecule has 0 aliphatic carbocycles. The molecule has 0 amide bonds. The molecule has 0 bridgehead atoms. The van der Waals surface area contributed by atoms with Crippen molar-refractivity contribution >= 4 is 55.0 Å². The van der Waals surface area contributed by atoms with Crippen LogP contribution >= 0.6 is 43.5 Å². The maximum absolute atomic E-state index is 5.92. The number of nitrogens with zero attached hydrogens (tertiary/aromatic N) is 2. The summed E-state index contributed by atoms with van der Waals surface area (Å²) in [7, 11) is 0. The fourth-order valence-corrected chi connectivity index (χ4v) is 2.67. The molecule has 0 atom stereocenters. The Labute approximate surface area is 134 Å². The SMILES string of the molecule is CC(C)c1nc(Br)cc(Nc2ccc(Cl)cc2Br)n1. The van der Waals surface area contributed by atoms with E-state index in [9.17, 15) is 0 Å². The zero-order valence-corrected chi connectivity index (χ0v) is 14.3. The van der Waals surface area contributed by atoms with Gasteiger partial charge in [-0.25, -0.2) is 9.97 Å². The van der Waals surface area contributed by atoms with Crippen LogP contribution in [0, 0.1) is 0 Å². The van der Waals surface area contributed by atoms with Crippen LogP contribution in [0.3, 0.4) is 0 Å². The fourth-order valence-electron chi connectivity index (χ4n) is 1.49. The van der Waals surface area contributed by atoms with Crippen LogP contribution in [-0.2, 0) is 0 Å². The maximum atomic E-state index is 5.92. The second kappa shape index (κ2) is 6.20. The Bertz CT molecular complexity index is 602. The third-order valence-electron chi connectivity index (χ3n) is 2.42. The monoisotopic (exact) mass is 403 g/mol. The Kier molecular flexibility index (Phi) is 4.81. The van der Waals surface area contributed by atoms with E-state index in [2.05, 4.69) is 61.0 Å². The van der Waals surface area contributed by atoms with Gasteiger partial charge in [0.15, 0.2) is 0 Å². The summed E-state index contributed by atoms with van der Waals surface area (Å²) >= 11 is 12.8. The quantitative estimate of drug-likeness (QED) is 0.683. The molecule has 1 aromatic heterocycles. The summed E-state index contributed by atoms with van der Waals surface area (Å²) in [5.74, 6) is 1.81. The first-order valence-corrected chi connectivity index (χ1v) is 7.68. The van der Waals surface area contributed by atoms with Crippen LogP contribution in [0.25, 0.3) is 0 Å². The van der Waals surface area contributed by atoms with Crippen LogP contribution in [0.15, 0.2) is 33.3 Å². The third-order valence-corrected chi connectivity index (χ3v) is 3.72. The summed E-state index contributed by atoms with van der Waals surface area (Å²) in [4.78, 5) is 8.83. The molecule has 1 aromatic carbocycles. The number of hydrogen-bond acceptors (Lipinski definition) is 3. The van der Waals surface area contributed by atoms with Crippen molar-refractivity contribution in [3.05, 3.63) is 44.2 Å². The predicted molar refractivity (Wildman–Crippen MR) is 86.3 cm³/mol. The zero-order valence-electron chi connectivity index (χ0n) is 10.4. The molecule has 0 saturated carbocycles. The molecule has 0 spiro atoms. The molecule has 19 heavy (non-hydrogen) atoms. The summed E-state index contributed by atoms with van der Waals surface area (Å²) < 4.78 is 1.65. The molecule has 2 aromatic rings. The minimum Gasteiger partial charge on any atom is -0.339 e.